The number of carbonyl (C=O) groups excluding carboxylic acids is 1. The van der Waals surface area contributed by atoms with Crippen LogP contribution in [0.15, 0.2) is 42.7 Å². The van der Waals surface area contributed by atoms with Crippen molar-refractivity contribution in [3.8, 4) is 0 Å². The van der Waals surface area contributed by atoms with Crippen LogP contribution < -0.4 is 5.32 Å². The maximum atomic E-state index is 12.4. The minimum atomic E-state index is -1.03. The lowest BCUT2D eigenvalue weighted by Crippen LogP contribution is -2.37. The third-order valence-corrected chi connectivity index (χ3v) is 3.38. The van der Waals surface area contributed by atoms with Gasteiger partial charge in [0.15, 0.2) is 5.82 Å². The fourth-order valence-corrected chi connectivity index (χ4v) is 2.11. The summed E-state index contributed by atoms with van der Waals surface area (Å²) in [6.07, 6.45) is 3.27. The molecular weight excluding hydrogens is 294 g/mol. The van der Waals surface area contributed by atoms with E-state index < -0.39 is 5.97 Å². The van der Waals surface area contributed by atoms with Crippen molar-refractivity contribution in [1.29, 1.82) is 0 Å². The zero-order valence-corrected chi connectivity index (χ0v) is 13.3. The Bertz CT molecular complexity index is 691. The van der Waals surface area contributed by atoms with E-state index in [-0.39, 0.29) is 22.9 Å². The van der Waals surface area contributed by atoms with Gasteiger partial charge in [-0.15, -0.1) is 0 Å². The van der Waals surface area contributed by atoms with Crippen molar-refractivity contribution in [3.63, 3.8) is 0 Å². The summed E-state index contributed by atoms with van der Waals surface area (Å²) in [7, 11) is 0. The Labute approximate surface area is 134 Å². The Kier molecular flexibility index (Phi) is 4.74. The van der Waals surface area contributed by atoms with Gasteiger partial charge in [-0.1, -0.05) is 20.8 Å². The van der Waals surface area contributed by atoms with Crippen molar-refractivity contribution in [2.24, 2.45) is 5.41 Å². The Balaban J connectivity index is 2.23. The second-order valence-electron chi connectivity index (χ2n) is 6.26. The normalized spacial score (nSPS) is 12.5. The number of amides is 1. The average Bonchev–Trinajstić information content (AvgIpc) is 2.52. The fraction of sp³-hybridized carbons (Fsp3) is 0.294. The maximum Gasteiger partial charge on any atom is 0.335 e. The third-order valence-electron chi connectivity index (χ3n) is 3.38. The number of hydrogen-bond donors (Lipinski definition) is 2. The first kappa shape index (κ1) is 16.6. The van der Waals surface area contributed by atoms with E-state index in [0.29, 0.717) is 11.4 Å². The molecule has 0 radical (unpaired) electrons. The van der Waals surface area contributed by atoms with Gasteiger partial charge in [0.1, 0.15) is 0 Å². The van der Waals surface area contributed by atoms with Gasteiger partial charge in [-0.25, -0.2) is 14.8 Å². The Morgan fingerprint density at radius 1 is 1.04 bits per heavy atom. The minimum absolute atomic E-state index is 0.139. The van der Waals surface area contributed by atoms with Gasteiger partial charge >= 0.3 is 5.97 Å². The molecule has 1 amide bonds. The van der Waals surface area contributed by atoms with Crippen LogP contribution in [0.5, 0.6) is 0 Å². The van der Waals surface area contributed by atoms with Crippen LogP contribution in [0.2, 0.25) is 0 Å². The van der Waals surface area contributed by atoms with Gasteiger partial charge in [0.2, 0.25) is 0 Å². The smallest absolute Gasteiger partial charge is 0.335 e. The van der Waals surface area contributed by atoms with Gasteiger partial charge in [0, 0.05) is 18.0 Å². The summed E-state index contributed by atoms with van der Waals surface area (Å²) in [6.45, 7) is 5.96. The molecule has 0 saturated heterocycles. The van der Waals surface area contributed by atoms with E-state index in [2.05, 4.69) is 15.3 Å². The number of benzene rings is 1. The Hall–Kier alpha value is -2.76. The highest BCUT2D eigenvalue weighted by Gasteiger charge is 2.30. The summed E-state index contributed by atoms with van der Waals surface area (Å²) < 4.78 is 0. The van der Waals surface area contributed by atoms with E-state index in [1.807, 2.05) is 20.8 Å². The van der Waals surface area contributed by atoms with Crippen LogP contribution in [0.1, 0.15) is 53.4 Å². The van der Waals surface area contributed by atoms with Gasteiger partial charge in [0.25, 0.3) is 5.91 Å². The van der Waals surface area contributed by atoms with Crippen LogP contribution in [0.3, 0.4) is 0 Å². The molecule has 0 fully saturated rings. The highest BCUT2D eigenvalue weighted by atomic mass is 16.4. The molecule has 1 aromatic carbocycles. The summed E-state index contributed by atoms with van der Waals surface area (Å²) in [4.78, 5) is 31.8. The minimum Gasteiger partial charge on any atom is -0.478 e. The van der Waals surface area contributed by atoms with Crippen molar-refractivity contribution in [2.45, 2.75) is 26.8 Å². The molecule has 0 aliphatic rings. The van der Waals surface area contributed by atoms with Gasteiger partial charge in [-0.05, 0) is 35.7 Å². The molecule has 6 heteroatoms. The first-order valence-electron chi connectivity index (χ1n) is 7.20. The molecule has 6 nitrogen and oxygen atoms in total. The molecule has 0 aliphatic carbocycles. The first-order valence-corrected chi connectivity index (χ1v) is 7.20. The molecule has 0 bridgehead atoms. The molecule has 2 aromatic rings. The summed E-state index contributed by atoms with van der Waals surface area (Å²) in [5, 5.41) is 11.8. The quantitative estimate of drug-likeness (QED) is 0.905. The van der Waals surface area contributed by atoms with E-state index in [1.54, 1.807) is 18.5 Å². The third kappa shape index (κ3) is 4.12. The highest BCUT2D eigenvalue weighted by Crippen LogP contribution is 2.30. The number of aromatic carboxylic acids is 1. The van der Waals surface area contributed by atoms with Crippen molar-refractivity contribution in [2.75, 3.05) is 0 Å². The lowest BCUT2D eigenvalue weighted by atomic mass is 9.86. The van der Waals surface area contributed by atoms with Crippen LogP contribution in [-0.4, -0.2) is 27.0 Å². The van der Waals surface area contributed by atoms with Crippen molar-refractivity contribution in [3.05, 3.63) is 59.7 Å². The molecule has 1 heterocycles. The maximum absolute atomic E-state index is 12.4. The van der Waals surface area contributed by atoms with Crippen LogP contribution in [0.4, 0.5) is 0 Å². The predicted octanol–water partition coefficient (Wildman–Crippen LogP) is 2.69. The van der Waals surface area contributed by atoms with Crippen molar-refractivity contribution in [1.82, 2.24) is 15.3 Å². The number of nitrogens with zero attached hydrogens (tertiary/aromatic N) is 2. The molecule has 0 aliphatic heterocycles. The molecule has 1 atom stereocenters. The number of nitrogens with one attached hydrogen (secondary N) is 1. The van der Waals surface area contributed by atoms with Gasteiger partial charge in [-0.2, -0.15) is 0 Å². The lowest BCUT2D eigenvalue weighted by molar-refractivity contribution is 0.0696. The van der Waals surface area contributed by atoms with Crippen LogP contribution in [0, 0.1) is 5.41 Å². The highest BCUT2D eigenvalue weighted by molar-refractivity contribution is 5.96. The van der Waals surface area contributed by atoms with E-state index in [4.69, 9.17) is 5.11 Å². The topological polar surface area (TPSA) is 92.2 Å². The standard InChI is InChI=1S/C17H19N3O3/c1-17(2,3)13(14-18-9-4-10-19-14)20-15(21)11-5-7-12(8-6-11)16(22)23/h4-10,13H,1-3H3,(H,20,21)(H,22,23). The van der Waals surface area contributed by atoms with Gasteiger partial charge in [-0.3, -0.25) is 4.79 Å². The predicted molar refractivity (Wildman–Crippen MR) is 85.1 cm³/mol. The van der Waals surface area contributed by atoms with Crippen molar-refractivity contribution < 1.29 is 14.7 Å². The number of hydrogen-bond acceptors (Lipinski definition) is 4. The van der Waals surface area contributed by atoms with E-state index >= 15 is 0 Å². The second-order valence-corrected chi connectivity index (χ2v) is 6.26. The summed E-state index contributed by atoms with van der Waals surface area (Å²) >= 11 is 0. The van der Waals surface area contributed by atoms with Crippen LogP contribution in [0.25, 0.3) is 0 Å². The molecule has 0 spiro atoms. The number of carboxylic acid groups (broad SMARTS) is 1. The van der Waals surface area contributed by atoms with Crippen molar-refractivity contribution >= 4 is 11.9 Å². The number of carbonyl (C=O) groups is 2. The van der Waals surface area contributed by atoms with E-state index in [0.717, 1.165) is 0 Å². The fourth-order valence-electron chi connectivity index (χ4n) is 2.11. The Morgan fingerprint density at radius 2 is 1.57 bits per heavy atom. The molecule has 120 valence electrons. The second kappa shape index (κ2) is 6.56. The van der Waals surface area contributed by atoms with E-state index in [1.165, 1.54) is 24.3 Å². The SMILES string of the molecule is CC(C)(C)C(NC(=O)c1ccc(C(=O)O)cc1)c1ncccn1. The van der Waals surface area contributed by atoms with Crippen LogP contribution in [-0.2, 0) is 0 Å². The number of aromatic nitrogens is 2. The number of rotatable bonds is 4. The average molecular weight is 313 g/mol. The zero-order valence-electron chi connectivity index (χ0n) is 13.3. The molecule has 1 aromatic heterocycles. The monoisotopic (exact) mass is 313 g/mol. The zero-order chi connectivity index (χ0) is 17.0. The molecule has 2 rings (SSSR count). The first-order chi connectivity index (χ1) is 10.8. The van der Waals surface area contributed by atoms with E-state index in [9.17, 15) is 9.59 Å². The molecule has 23 heavy (non-hydrogen) atoms. The Morgan fingerprint density at radius 3 is 2.04 bits per heavy atom. The summed E-state index contributed by atoms with van der Waals surface area (Å²) in [5.41, 5.74) is 0.248. The lowest BCUT2D eigenvalue weighted by Gasteiger charge is -2.30. The molecule has 1 unspecified atom stereocenters. The molecule has 0 saturated carbocycles. The molecular formula is C17H19N3O3. The van der Waals surface area contributed by atoms with Crippen LogP contribution >= 0.6 is 0 Å². The number of carboxylic acids is 1. The summed E-state index contributed by atoms with van der Waals surface area (Å²) in [5.74, 6) is -0.785. The van der Waals surface area contributed by atoms with Gasteiger partial charge < -0.3 is 10.4 Å². The summed E-state index contributed by atoms with van der Waals surface area (Å²) in [6, 6.07) is 7.14. The molecule has 2 N–H and O–H groups in total. The van der Waals surface area contributed by atoms with Gasteiger partial charge in [0.05, 0.1) is 11.6 Å². The largest absolute Gasteiger partial charge is 0.478 e.